The fraction of sp³-hybridized carbons (Fsp3) is 0.154. The van der Waals surface area contributed by atoms with Crippen LogP contribution >= 0.6 is 0 Å². The Balaban J connectivity index is 2.04. The lowest BCUT2D eigenvalue weighted by Gasteiger charge is -2.09. The molecule has 0 spiro atoms. The molecule has 0 aliphatic heterocycles. The molecule has 1 aromatic heterocycles. The van der Waals surface area contributed by atoms with Gasteiger partial charge in [0, 0.05) is 5.69 Å². The van der Waals surface area contributed by atoms with Crippen molar-refractivity contribution >= 4 is 11.6 Å². The minimum absolute atomic E-state index is 0.0684. The van der Waals surface area contributed by atoms with Gasteiger partial charge >= 0.3 is 0 Å². The van der Waals surface area contributed by atoms with E-state index in [0.717, 1.165) is 5.69 Å². The van der Waals surface area contributed by atoms with Gasteiger partial charge in [-0.15, -0.1) is 0 Å². The van der Waals surface area contributed by atoms with Crippen LogP contribution in [0.3, 0.4) is 0 Å². The molecule has 1 amide bonds. The van der Waals surface area contributed by atoms with Crippen molar-refractivity contribution in [3.63, 3.8) is 0 Å². The van der Waals surface area contributed by atoms with E-state index in [2.05, 4.69) is 5.32 Å². The number of benzene rings is 1. The van der Waals surface area contributed by atoms with Crippen molar-refractivity contribution in [1.29, 1.82) is 0 Å². The summed E-state index contributed by atoms with van der Waals surface area (Å²) < 4.78 is 5.19. The summed E-state index contributed by atoms with van der Waals surface area (Å²) in [6.45, 7) is 1.82. The molecule has 0 saturated carbocycles. The molecule has 1 heterocycles. The van der Waals surface area contributed by atoms with Crippen molar-refractivity contribution in [2.45, 2.75) is 12.8 Å². The lowest BCUT2D eigenvalue weighted by molar-refractivity contribution is -0.117. The molecule has 0 aliphatic rings. The van der Waals surface area contributed by atoms with Gasteiger partial charge in [-0.3, -0.25) is 4.79 Å². The number of para-hydroxylation sites is 1. The highest BCUT2D eigenvalue weighted by Gasteiger charge is 2.17. The summed E-state index contributed by atoms with van der Waals surface area (Å²) >= 11 is 0. The SMILES string of the molecule is CC(C(=O)Nc1ccccc1)c1ccco1. The quantitative estimate of drug-likeness (QED) is 0.855. The number of furan rings is 1. The number of carbonyl (C=O) groups excluding carboxylic acids is 1. The maximum Gasteiger partial charge on any atom is 0.234 e. The van der Waals surface area contributed by atoms with Crippen LogP contribution in [0.15, 0.2) is 53.1 Å². The molecule has 16 heavy (non-hydrogen) atoms. The highest BCUT2D eigenvalue weighted by Crippen LogP contribution is 2.17. The normalized spacial score (nSPS) is 12.1. The Labute approximate surface area is 94.1 Å². The first-order chi connectivity index (χ1) is 7.77. The summed E-state index contributed by atoms with van der Waals surface area (Å²) in [7, 11) is 0. The number of hydrogen-bond acceptors (Lipinski definition) is 2. The summed E-state index contributed by atoms with van der Waals surface area (Å²) in [5.41, 5.74) is 0.797. The van der Waals surface area contributed by atoms with E-state index in [4.69, 9.17) is 4.42 Å². The van der Waals surface area contributed by atoms with Crippen LogP contribution in [0.2, 0.25) is 0 Å². The van der Waals surface area contributed by atoms with Gasteiger partial charge < -0.3 is 9.73 Å². The van der Waals surface area contributed by atoms with Crippen molar-refractivity contribution in [3.05, 3.63) is 54.5 Å². The zero-order valence-electron chi connectivity index (χ0n) is 9.01. The van der Waals surface area contributed by atoms with Crippen LogP contribution in [0.4, 0.5) is 5.69 Å². The van der Waals surface area contributed by atoms with Gasteiger partial charge in [-0.25, -0.2) is 0 Å². The van der Waals surface area contributed by atoms with Gasteiger partial charge in [0.2, 0.25) is 5.91 Å². The van der Waals surface area contributed by atoms with Crippen LogP contribution in [0.5, 0.6) is 0 Å². The second kappa shape index (κ2) is 4.66. The Morgan fingerprint density at radius 1 is 1.19 bits per heavy atom. The number of rotatable bonds is 3. The number of anilines is 1. The lowest BCUT2D eigenvalue weighted by Crippen LogP contribution is -2.18. The highest BCUT2D eigenvalue weighted by atomic mass is 16.3. The first kappa shape index (κ1) is 10.5. The van der Waals surface area contributed by atoms with Gasteiger partial charge in [0.25, 0.3) is 0 Å². The Bertz CT molecular complexity index is 448. The zero-order chi connectivity index (χ0) is 11.4. The number of carbonyl (C=O) groups is 1. The molecule has 0 aliphatic carbocycles. The van der Waals surface area contributed by atoms with Crippen molar-refractivity contribution in [2.75, 3.05) is 5.32 Å². The molecule has 0 fully saturated rings. The largest absolute Gasteiger partial charge is 0.469 e. The summed E-state index contributed by atoms with van der Waals surface area (Å²) in [4.78, 5) is 11.8. The third-order valence-corrected chi connectivity index (χ3v) is 2.40. The lowest BCUT2D eigenvalue weighted by atomic mass is 10.1. The Morgan fingerprint density at radius 2 is 1.94 bits per heavy atom. The summed E-state index contributed by atoms with van der Waals surface area (Å²) in [6, 6.07) is 13.0. The summed E-state index contributed by atoms with van der Waals surface area (Å²) in [5.74, 6) is 0.324. The van der Waals surface area contributed by atoms with Gasteiger partial charge in [-0.1, -0.05) is 18.2 Å². The molecule has 3 heteroatoms. The summed E-state index contributed by atoms with van der Waals surface area (Å²) in [5, 5.41) is 2.83. The van der Waals surface area contributed by atoms with E-state index in [0.29, 0.717) is 5.76 Å². The number of amides is 1. The molecular weight excluding hydrogens is 202 g/mol. The predicted octanol–water partition coefficient (Wildman–Crippen LogP) is 3.02. The molecule has 0 radical (unpaired) electrons. The van der Waals surface area contributed by atoms with Gasteiger partial charge in [0.05, 0.1) is 12.2 Å². The molecule has 1 aromatic carbocycles. The van der Waals surface area contributed by atoms with Crippen LogP contribution in [0.25, 0.3) is 0 Å². The molecule has 1 N–H and O–H groups in total. The second-order valence-electron chi connectivity index (χ2n) is 3.59. The first-order valence-electron chi connectivity index (χ1n) is 5.16. The zero-order valence-corrected chi connectivity index (χ0v) is 9.01. The van der Waals surface area contributed by atoms with Crippen molar-refractivity contribution in [2.24, 2.45) is 0 Å². The fourth-order valence-corrected chi connectivity index (χ4v) is 1.44. The molecule has 0 bridgehead atoms. The molecule has 1 atom stereocenters. The standard InChI is InChI=1S/C13H13NO2/c1-10(12-8-5-9-16-12)13(15)14-11-6-3-2-4-7-11/h2-10H,1H3,(H,14,15). The van der Waals surface area contributed by atoms with E-state index >= 15 is 0 Å². The van der Waals surface area contributed by atoms with E-state index in [1.54, 1.807) is 18.4 Å². The van der Waals surface area contributed by atoms with Gasteiger partial charge in [-0.05, 0) is 31.2 Å². The topological polar surface area (TPSA) is 42.2 Å². The monoisotopic (exact) mass is 215 g/mol. The average Bonchev–Trinajstić information content (AvgIpc) is 2.83. The maximum absolute atomic E-state index is 11.8. The predicted molar refractivity (Wildman–Crippen MR) is 62.2 cm³/mol. The van der Waals surface area contributed by atoms with Crippen LogP contribution in [-0.2, 0) is 4.79 Å². The number of hydrogen-bond donors (Lipinski definition) is 1. The van der Waals surface area contributed by atoms with E-state index < -0.39 is 0 Å². The van der Waals surface area contributed by atoms with Crippen molar-refractivity contribution < 1.29 is 9.21 Å². The molecule has 2 aromatic rings. The maximum atomic E-state index is 11.8. The van der Waals surface area contributed by atoms with Gasteiger partial charge in [0.15, 0.2) is 0 Å². The second-order valence-corrected chi connectivity index (χ2v) is 3.59. The van der Waals surface area contributed by atoms with E-state index in [1.807, 2.05) is 37.3 Å². The third-order valence-electron chi connectivity index (χ3n) is 2.40. The van der Waals surface area contributed by atoms with E-state index in [9.17, 15) is 4.79 Å². The molecule has 82 valence electrons. The average molecular weight is 215 g/mol. The van der Waals surface area contributed by atoms with Crippen molar-refractivity contribution in [3.8, 4) is 0 Å². The molecular formula is C13H13NO2. The number of nitrogens with one attached hydrogen (secondary N) is 1. The molecule has 2 rings (SSSR count). The smallest absolute Gasteiger partial charge is 0.234 e. The van der Waals surface area contributed by atoms with Crippen LogP contribution in [0.1, 0.15) is 18.6 Å². The third kappa shape index (κ3) is 2.31. The van der Waals surface area contributed by atoms with Crippen molar-refractivity contribution in [1.82, 2.24) is 0 Å². The van der Waals surface area contributed by atoms with E-state index in [1.165, 1.54) is 0 Å². The van der Waals surface area contributed by atoms with Crippen LogP contribution < -0.4 is 5.32 Å². The van der Waals surface area contributed by atoms with Crippen LogP contribution in [-0.4, -0.2) is 5.91 Å². The summed E-state index contributed by atoms with van der Waals surface area (Å²) in [6.07, 6.45) is 1.57. The highest BCUT2D eigenvalue weighted by molar-refractivity contribution is 5.95. The Morgan fingerprint density at radius 3 is 2.56 bits per heavy atom. The first-order valence-corrected chi connectivity index (χ1v) is 5.16. The Kier molecular flexibility index (Phi) is 3.05. The Hall–Kier alpha value is -2.03. The minimum Gasteiger partial charge on any atom is -0.469 e. The van der Waals surface area contributed by atoms with Crippen LogP contribution in [0, 0.1) is 0 Å². The van der Waals surface area contributed by atoms with Gasteiger partial charge in [-0.2, -0.15) is 0 Å². The molecule has 0 saturated heterocycles. The minimum atomic E-state index is -0.282. The van der Waals surface area contributed by atoms with E-state index in [-0.39, 0.29) is 11.8 Å². The fourth-order valence-electron chi connectivity index (χ4n) is 1.44. The molecule has 3 nitrogen and oxygen atoms in total. The molecule has 1 unspecified atom stereocenters. The van der Waals surface area contributed by atoms with Gasteiger partial charge in [0.1, 0.15) is 5.76 Å².